The van der Waals surface area contributed by atoms with E-state index < -0.39 is 0 Å². The maximum Gasteiger partial charge on any atom is 0.106 e. The van der Waals surface area contributed by atoms with Crippen LogP contribution in [0.1, 0.15) is 12.6 Å². The molecule has 0 fully saturated rings. The van der Waals surface area contributed by atoms with Gasteiger partial charge in [0.15, 0.2) is 0 Å². The number of nitrogens with zero attached hydrogens (tertiary/aromatic N) is 1. The summed E-state index contributed by atoms with van der Waals surface area (Å²) in [7, 11) is 0. The highest BCUT2D eigenvalue weighted by Gasteiger charge is 1.97. The van der Waals surface area contributed by atoms with E-state index in [2.05, 4.69) is 43.8 Å². The van der Waals surface area contributed by atoms with Crippen molar-refractivity contribution < 1.29 is 0 Å². The Hall–Kier alpha value is 0.110. The third-order valence-corrected chi connectivity index (χ3v) is 2.38. The second-order valence-corrected chi connectivity index (χ2v) is 3.58. The molecule has 0 saturated carbocycles. The fourth-order valence-electron chi connectivity index (χ4n) is 0.706. The topological polar surface area (TPSA) is 12.9 Å². The van der Waals surface area contributed by atoms with Crippen molar-refractivity contribution >= 4 is 31.9 Å². The molecule has 0 saturated heterocycles. The Morgan fingerprint density at radius 3 is 2.60 bits per heavy atom. The van der Waals surface area contributed by atoms with Gasteiger partial charge in [0, 0.05) is 4.47 Å². The van der Waals surface area contributed by atoms with Crippen molar-refractivity contribution in [2.75, 3.05) is 0 Å². The third-order valence-electron chi connectivity index (χ3n) is 1.22. The number of halogens is 2. The van der Waals surface area contributed by atoms with Crippen molar-refractivity contribution in [3.8, 4) is 0 Å². The van der Waals surface area contributed by atoms with Crippen LogP contribution in [0.15, 0.2) is 21.2 Å². The lowest BCUT2D eigenvalue weighted by Gasteiger charge is -1.98. The highest BCUT2D eigenvalue weighted by Crippen LogP contribution is 2.17. The van der Waals surface area contributed by atoms with Crippen molar-refractivity contribution in [2.45, 2.75) is 13.3 Å². The third kappa shape index (κ3) is 1.80. The van der Waals surface area contributed by atoms with Crippen LogP contribution < -0.4 is 0 Å². The van der Waals surface area contributed by atoms with Gasteiger partial charge in [-0.2, -0.15) is 0 Å². The molecule has 0 bridgehead atoms. The lowest BCUT2D eigenvalue weighted by molar-refractivity contribution is 1.01. The largest absolute Gasteiger partial charge is 0.245 e. The van der Waals surface area contributed by atoms with Gasteiger partial charge in [-0.25, -0.2) is 4.98 Å². The van der Waals surface area contributed by atoms with E-state index in [9.17, 15) is 0 Å². The monoisotopic (exact) mass is 263 g/mol. The molecule has 0 aliphatic rings. The molecule has 0 spiro atoms. The number of pyridine rings is 1. The number of rotatable bonds is 1. The first-order valence-corrected chi connectivity index (χ1v) is 4.63. The number of aryl methyl sites for hydroxylation is 1. The van der Waals surface area contributed by atoms with Gasteiger partial charge in [-0.15, -0.1) is 0 Å². The van der Waals surface area contributed by atoms with E-state index >= 15 is 0 Å². The fraction of sp³-hybridized carbons (Fsp3) is 0.286. The van der Waals surface area contributed by atoms with Gasteiger partial charge >= 0.3 is 0 Å². The van der Waals surface area contributed by atoms with Crippen LogP contribution >= 0.6 is 31.9 Å². The first-order valence-electron chi connectivity index (χ1n) is 3.05. The van der Waals surface area contributed by atoms with E-state index in [1.165, 1.54) is 0 Å². The molecule has 0 aliphatic heterocycles. The van der Waals surface area contributed by atoms with Gasteiger partial charge in [0.2, 0.25) is 0 Å². The minimum atomic E-state index is 0.896. The first-order chi connectivity index (χ1) is 4.74. The fourth-order valence-corrected chi connectivity index (χ4v) is 1.55. The lowest BCUT2D eigenvalue weighted by atomic mass is 10.3. The molecule has 1 aromatic rings. The molecule has 0 N–H and O–H groups in total. The summed E-state index contributed by atoms with van der Waals surface area (Å²) < 4.78 is 1.98. The van der Waals surface area contributed by atoms with Gasteiger partial charge in [-0.3, -0.25) is 0 Å². The minimum absolute atomic E-state index is 0.896. The van der Waals surface area contributed by atoms with Crippen molar-refractivity contribution in [1.82, 2.24) is 4.98 Å². The zero-order chi connectivity index (χ0) is 7.56. The Balaban J connectivity index is 3.09. The molecular weight excluding hydrogens is 258 g/mol. The Bertz CT molecular complexity index is 235. The van der Waals surface area contributed by atoms with Gasteiger partial charge < -0.3 is 0 Å². The quantitative estimate of drug-likeness (QED) is 0.710. The molecular formula is C7H7Br2N. The molecule has 0 unspecified atom stereocenters. The highest BCUT2D eigenvalue weighted by molar-refractivity contribution is 9.11. The molecule has 0 atom stereocenters. The summed E-state index contributed by atoms with van der Waals surface area (Å²) in [5, 5.41) is 0. The summed E-state index contributed by atoms with van der Waals surface area (Å²) in [5.41, 5.74) is 1.09. The van der Waals surface area contributed by atoms with Crippen molar-refractivity contribution in [2.24, 2.45) is 0 Å². The SMILES string of the molecule is CCc1nc(Br)ccc1Br. The van der Waals surface area contributed by atoms with E-state index in [-0.39, 0.29) is 0 Å². The second kappa shape index (κ2) is 3.49. The van der Waals surface area contributed by atoms with Gasteiger partial charge in [-0.1, -0.05) is 6.92 Å². The van der Waals surface area contributed by atoms with Crippen LogP contribution in [0.2, 0.25) is 0 Å². The van der Waals surface area contributed by atoms with Gasteiger partial charge in [0.25, 0.3) is 0 Å². The maximum absolute atomic E-state index is 4.26. The van der Waals surface area contributed by atoms with Crippen molar-refractivity contribution in [3.05, 3.63) is 26.9 Å². The van der Waals surface area contributed by atoms with E-state index in [1.807, 2.05) is 12.1 Å². The Morgan fingerprint density at radius 2 is 2.10 bits per heavy atom. The second-order valence-electron chi connectivity index (χ2n) is 1.92. The van der Waals surface area contributed by atoms with E-state index in [4.69, 9.17) is 0 Å². The zero-order valence-electron chi connectivity index (χ0n) is 5.56. The maximum atomic E-state index is 4.26. The molecule has 0 amide bonds. The van der Waals surface area contributed by atoms with Crippen LogP contribution in [0.4, 0.5) is 0 Å². The molecule has 0 radical (unpaired) electrons. The zero-order valence-corrected chi connectivity index (χ0v) is 8.74. The minimum Gasteiger partial charge on any atom is -0.245 e. The average molecular weight is 265 g/mol. The van der Waals surface area contributed by atoms with Crippen LogP contribution in [-0.2, 0) is 6.42 Å². The molecule has 0 aromatic carbocycles. The van der Waals surface area contributed by atoms with E-state index in [0.717, 1.165) is 21.2 Å². The highest BCUT2D eigenvalue weighted by atomic mass is 79.9. The summed E-state index contributed by atoms with van der Waals surface area (Å²) in [6, 6.07) is 3.92. The normalized spacial score (nSPS) is 9.90. The number of aromatic nitrogens is 1. The van der Waals surface area contributed by atoms with Crippen molar-refractivity contribution in [3.63, 3.8) is 0 Å². The van der Waals surface area contributed by atoms with Crippen molar-refractivity contribution in [1.29, 1.82) is 0 Å². The molecule has 0 aliphatic carbocycles. The smallest absolute Gasteiger partial charge is 0.106 e. The molecule has 1 nitrogen and oxygen atoms in total. The molecule has 3 heteroatoms. The summed E-state index contributed by atoms with van der Waals surface area (Å²) in [4.78, 5) is 4.26. The molecule has 1 rings (SSSR count). The summed E-state index contributed by atoms with van der Waals surface area (Å²) in [5.74, 6) is 0. The van der Waals surface area contributed by atoms with E-state index in [1.54, 1.807) is 0 Å². The Kier molecular flexibility index (Phi) is 2.86. The lowest BCUT2D eigenvalue weighted by Crippen LogP contribution is -1.87. The van der Waals surface area contributed by atoms with Crippen LogP contribution in [0.3, 0.4) is 0 Å². The number of hydrogen-bond donors (Lipinski definition) is 0. The van der Waals surface area contributed by atoms with Gasteiger partial charge in [-0.05, 0) is 50.4 Å². The van der Waals surface area contributed by atoms with Crippen LogP contribution in [0, 0.1) is 0 Å². The predicted octanol–water partition coefficient (Wildman–Crippen LogP) is 3.17. The Labute approximate surface area is 77.1 Å². The molecule has 1 heterocycles. The van der Waals surface area contributed by atoms with E-state index in [0.29, 0.717) is 0 Å². The molecule has 54 valence electrons. The predicted molar refractivity (Wildman–Crippen MR) is 49.0 cm³/mol. The van der Waals surface area contributed by atoms with Crippen LogP contribution in [0.25, 0.3) is 0 Å². The molecule has 10 heavy (non-hydrogen) atoms. The first kappa shape index (κ1) is 8.21. The van der Waals surface area contributed by atoms with Crippen LogP contribution in [-0.4, -0.2) is 4.98 Å². The average Bonchev–Trinajstić information content (AvgIpc) is 1.94. The Morgan fingerprint density at radius 1 is 1.40 bits per heavy atom. The van der Waals surface area contributed by atoms with Gasteiger partial charge in [0.05, 0.1) is 5.69 Å². The number of hydrogen-bond acceptors (Lipinski definition) is 1. The summed E-state index contributed by atoms with van der Waals surface area (Å²) in [6.45, 7) is 2.08. The summed E-state index contributed by atoms with van der Waals surface area (Å²) >= 11 is 6.71. The van der Waals surface area contributed by atoms with Gasteiger partial charge in [0.1, 0.15) is 4.60 Å². The van der Waals surface area contributed by atoms with Crippen LogP contribution in [0.5, 0.6) is 0 Å². The standard InChI is InChI=1S/C7H7Br2N/c1-2-6-5(8)3-4-7(9)10-6/h3-4H,2H2,1H3. The molecule has 1 aromatic heterocycles. The summed E-state index contributed by atoms with van der Waals surface area (Å²) in [6.07, 6.45) is 0.958.